The Morgan fingerprint density at radius 1 is 0.967 bits per heavy atom. The summed E-state index contributed by atoms with van der Waals surface area (Å²) in [6, 6.07) is 17.4. The summed E-state index contributed by atoms with van der Waals surface area (Å²) in [4.78, 5) is 12.2. The molecule has 3 aromatic rings. The predicted octanol–water partition coefficient (Wildman–Crippen LogP) is 6.20. The van der Waals surface area contributed by atoms with Crippen LogP contribution in [0.5, 0.6) is 0 Å². The fraction of sp³-hybridized carbons (Fsp3) is 0.417. The van der Waals surface area contributed by atoms with Crippen molar-refractivity contribution < 1.29 is 0 Å². The number of hydrogen-bond donors (Lipinski definition) is 2. The van der Waals surface area contributed by atoms with Gasteiger partial charge in [-0.2, -0.15) is 4.98 Å². The molecular weight excluding hydrogens is 438 g/mol. The molecule has 1 fully saturated rings. The number of anilines is 3. The molecule has 1 aliphatic rings. The molecule has 4 rings (SSSR count). The number of nitrogens with one attached hydrogen (secondary N) is 2. The van der Waals surface area contributed by atoms with Crippen LogP contribution in [0, 0.1) is 0 Å². The van der Waals surface area contributed by atoms with Crippen LogP contribution < -0.4 is 10.6 Å². The molecule has 1 aromatic heterocycles. The van der Waals surface area contributed by atoms with E-state index in [1.54, 1.807) is 0 Å². The monoisotopic (exact) mass is 467 g/mol. The lowest BCUT2D eigenvalue weighted by Gasteiger charge is -2.36. The Morgan fingerprint density at radius 2 is 1.73 bits per heavy atom. The molecule has 0 aliphatic heterocycles. The van der Waals surface area contributed by atoms with Gasteiger partial charge in [0, 0.05) is 27.6 Å². The van der Waals surface area contributed by atoms with E-state index in [0.29, 0.717) is 18.0 Å². The average Bonchev–Trinajstić information content (AvgIpc) is 2.76. The largest absolute Gasteiger partial charge is 0.351 e. The van der Waals surface area contributed by atoms with Gasteiger partial charge in [-0.05, 0) is 69.1 Å². The molecule has 0 unspecified atom stereocenters. The Bertz CT molecular complexity index is 980. The zero-order valence-electron chi connectivity index (χ0n) is 17.7. The van der Waals surface area contributed by atoms with E-state index in [-0.39, 0.29) is 0 Å². The molecule has 2 N–H and O–H groups in total. The minimum absolute atomic E-state index is 0.427. The summed E-state index contributed by atoms with van der Waals surface area (Å²) in [7, 11) is 0. The van der Waals surface area contributed by atoms with E-state index in [1.165, 1.54) is 12.8 Å². The molecule has 5 nitrogen and oxygen atoms in total. The highest BCUT2D eigenvalue weighted by Crippen LogP contribution is 2.29. The first-order chi connectivity index (χ1) is 14.7. The minimum Gasteiger partial charge on any atom is -0.351 e. The van der Waals surface area contributed by atoms with Crippen molar-refractivity contribution in [2.45, 2.75) is 51.6 Å². The van der Waals surface area contributed by atoms with E-state index in [4.69, 9.17) is 9.97 Å². The first kappa shape index (κ1) is 21.1. The van der Waals surface area contributed by atoms with E-state index in [9.17, 15) is 0 Å². The third-order valence-electron chi connectivity index (χ3n) is 6.05. The van der Waals surface area contributed by atoms with Crippen LogP contribution in [0.3, 0.4) is 0 Å². The van der Waals surface area contributed by atoms with Gasteiger partial charge in [-0.1, -0.05) is 48.0 Å². The van der Waals surface area contributed by atoms with Crippen molar-refractivity contribution >= 4 is 44.3 Å². The second-order valence-corrected chi connectivity index (χ2v) is 8.83. The van der Waals surface area contributed by atoms with Gasteiger partial charge < -0.3 is 15.5 Å². The lowest BCUT2D eigenvalue weighted by molar-refractivity contribution is 0.167. The van der Waals surface area contributed by atoms with Crippen molar-refractivity contribution in [2.75, 3.05) is 23.7 Å². The Hall–Kier alpha value is -2.18. The third kappa shape index (κ3) is 4.93. The molecular formula is C24H30BrN5. The van der Waals surface area contributed by atoms with Gasteiger partial charge in [0.25, 0.3) is 0 Å². The van der Waals surface area contributed by atoms with E-state index >= 15 is 0 Å². The first-order valence-corrected chi connectivity index (χ1v) is 11.8. The predicted molar refractivity (Wildman–Crippen MR) is 130 cm³/mol. The highest BCUT2D eigenvalue weighted by molar-refractivity contribution is 9.10. The van der Waals surface area contributed by atoms with Crippen molar-refractivity contribution in [3.8, 4) is 0 Å². The molecule has 0 amide bonds. The van der Waals surface area contributed by atoms with Gasteiger partial charge >= 0.3 is 0 Å². The summed E-state index contributed by atoms with van der Waals surface area (Å²) >= 11 is 3.54. The summed E-state index contributed by atoms with van der Waals surface area (Å²) in [5.41, 5.74) is 1.95. The zero-order chi connectivity index (χ0) is 20.9. The molecule has 2 aromatic carbocycles. The van der Waals surface area contributed by atoms with Crippen LogP contribution in [0.4, 0.5) is 17.5 Å². The van der Waals surface area contributed by atoms with E-state index in [1.807, 2.05) is 36.4 Å². The fourth-order valence-electron chi connectivity index (χ4n) is 4.45. The van der Waals surface area contributed by atoms with Crippen LogP contribution in [0.25, 0.3) is 10.9 Å². The molecule has 1 saturated carbocycles. The molecule has 0 saturated heterocycles. The molecule has 1 aliphatic carbocycles. The van der Waals surface area contributed by atoms with Crippen LogP contribution in [-0.4, -0.2) is 40.0 Å². The van der Waals surface area contributed by atoms with Gasteiger partial charge in [0.15, 0.2) is 0 Å². The molecule has 158 valence electrons. The van der Waals surface area contributed by atoms with Gasteiger partial charge in [0.1, 0.15) is 5.82 Å². The van der Waals surface area contributed by atoms with Crippen LogP contribution in [-0.2, 0) is 0 Å². The lowest BCUT2D eigenvalue weighted by Crippen LogP contribution is -2.40. The molecule has 30 heavy (non-hydrogen) atoms. The minimum atomic E-state index is 0.427. The molecule has 0 bridgehead atoms. The maximum absolute atomic E-state index is 4.85. The highest BCUT2D eigenvalue weighted by atomic mass is 79.9. The number of benzene rings is 2. The smallest absolute Gasteiger partial charge is 0.225 e. The maximum atomic E-state index is 4.85. The first-order valence-electron chi connectivity index (χ1n) is 11.0. The van der Waals surface area contributed by atoms with Crippen LogP contribution >= 0.6 is 15.9 Å². The van der Waals surface area contributed by atoms with Gasteiger partial charge in [-0.15, -0.1) is 0 Å². The Morgan fingerprint density at radius 3 is 2.47 bits per heavy atom. The van der Waals surface area contributed by atoms with E-state index in [2.05, 4.69) is 57.4 Å². The number of nitrogens with zero attached hydrogens (tertiary/aromatic N) is 3. The van der Waals surface area contributed by atoms with Crippen LogP contribution in [0.15, 0.2) is 53.0 Å². The number of aromatic nitrogens is 2. The quantitative estimate of drug-likeness (QED) is 0.432. The lowest BCUT2D eigenvalue weighted by atomic mass is 9.90. The van der Waals surface area contributed by atoms with Crippen LogP contribution in [0.2, 0.25) is 0 Å². The Labute approximate surface area is 187 Å². The standard InChI is InChI=1S/C24H30BrN5/c1-3-30(4-2)20-14-12-18(13-15-20)27-24-28-22-11-6-5-10-21(22)23(29-24)26-19-9-7-8-17(25)16-19/h5-11,16,18,20H,3-4,12-15H2,1-2H3,(H2,26,27,28,29). The molecule has 6 heteroatoms. The molecule has 0 spiro atoms. The second-order valence-electron chi connectivity index (χ2n) is 7.92. The van der Waals surface area contributed by atoms with Gasteiger partial charge in [-0.25, -0.2) is 4.98 Å². The topological polar surface area (TPSA) is 53.1 Å². The van der Waals surface area contributed by atoms with E-state index < -0.39 is 0 Å². The average molecular weight is 468 g/mol. The molecule has 0 atom stereocenters. The Kier molecular flexibility index (Phi) is 6.85. The number of para-hydroxylation sites is 1. The number of halogens is 1. The van der Waals surface area contributed by atoms with Crippen molar-refractivity contribution in [3.63, 3.8) is 0 Å². The van der Waals surface area contributed by atoms with Gasteiger partial charge in [-0.3, -0.25) is 0 Å². The normalized spacial score (nSPS) is 19.2. The highest BCUT2D eigenvalue weighted by Gasteiger charge is 2.25. The SMILES string of the molecule is CCN(CC)C1CCC(Nc2nc(Nc3cccc(Br)c3)c3ccccc3n2)CC1. The third-order valence-corrected chi connectivity index (χ3v) is 6.54. The second kappa shape index (κ2) is 9.75. The number of rotatable bonds is 7. The molecule has 1 heterocycles. The Balaban J connectivity index is 1.52. The maximum Gasteiger partial charge on any atom is 0.225 e. The van der Waals surface area contributed by atoms with E-state index in [0.717, 1.165) is 52.8 Å². The van der Waals surface area contributed by atoms with Gasteiger partial charge in [0.05, 0.1) is 5.52 Å². The van der Waals surface area contributed by atoms with Crippen LogP contribution in [0.1, 0.15) is 39.5 Å². The number of hydrogen-bond acceptors (Lipinski definition) is 5. The van der Waals surface area contributed by atoms with Gasteiger partial charge in [0.2, 0.25) is 5.95 Å². The number of fused-ring (bicyclic) bond motifs is 1. The summed E-state index contributed by atoms with van der Waals surface area (Å²) in [5, 5.41) is 8.11. The summed E-state index contributed by atoms with van der Waals surface area (Å²) in [5.74, 6) is 1.54. The summed E-state index contributed by atoms with van der Waals surface area (Å²) < 4.78 is 1.04. The van der Waals surface area contributed by atoms with Crippen molar-refractivity contribution in [3.05, 3.63) is 53.0 Å². The molecule has 0 radical (unpaired) electrons. The summed E-state index contributed by atoms with van der Waals surface area (Å²) in [6.07, 6.45) is 4.78. The summed E-state index contributed by atoms with van der Waals surface area (Å²) in [6.45, 7) is 6.79. The zero-order valence-corrected chi connectivity index (χ0v) is 19.3. The fourth-order valence-corrected chi connectivity index (χ4v) is 4.85. The van der Waals surface area contributed by atoms with Crippen molar-refractivity contribution in [1.29, 1.82) is 0 Å². The van der Waals surface area contributed by atoms with Crippen molar-refractivity contribution in [1.82, 2.24) is 14.9 Å². The van der Waals surface area contributed by atoms with Crippen molar-refractivity contribution in [2.24, 2.45) is 0 Å².